The van der Waals surface area contributed by atoms with Gasteiger partial charge in [-0.1, -0.05) is 0 Å². The number of pyridine rings is 1. The third kappa shape index (κ3) is 4.64. The fraction of sp³-hybridized carbons (Fsp3) is 0.381. The number of aromatic amines is 1. The number of piperazine rings is 1. The molecule has 2 amide bonds. The number of hydrogen-bond donors (Lipinski definition) is 2. The first kappa shape index (κ1) is 20.6. The molecule has 0 saturated carbocycles. The number of hydrogen-bond acceptors (Lipinski definition) is 4. The maximum Gasteiger partial charge on any atom is 0.317 e. The number of halogens is 1. The van der Waals surface area contributed by atoms with E-state index in [-0.39, 0.29) is 23.9 Å². The molecule has 0 unspecified atom stereocenters. The van der Waals surface area contributed by atoms with Crippen LogP contribution < -0.4 is 15.8 Å². The molecule has 1 aliphatic heterocycles. The Morgan fingerprint density at radius 3 is 2.41 bits per heavy atom. The summed E-state index contributed by atoms with van der Waals surface area (Å²) in [6.45, 7) is 7.04. The largest absolute Gasteiger partial charge is 0.366 e. The van der Waals surface area contributed by atoms with E-state index >= 15 is 0 Å². The molecule has 7 nitrogen and oxygen atoms in total. The number of rotatable bonds is 4. The molecule has 1 aromatic carbocycles. The Morgan fingerprint density at radius 1 is 1.14 bits per heavy atom. The quantitative estimate of drug-likeness (QED) is 0.772. The number of urea groups is 1. The Kier molecular flexibility index (Phi) is 6.00. The first-order valence-corrected chi connectivity index (χ1v) is 9.54. The van der Waals surface area contributed by atoms with E-state index in [0.717, 1.165) is 11.3 Å². The van der Waals surface area contributed by atoms with Crippen molar-refractivity contribution in [1.82, 2.24) is 15.2 Å². The number of benzene rings is 1. The van der Waals surface area contributed by atoms with Crippen LogP contribution in [0, 0.1) is 19.7 Å². The van der Waals surface area contributed by atoms with E-state index in [1.54, 1.807) is 17.0 Å². The molecule has 0 aliphatic carbocycles. The van der Waals surface area contributed by atoms with Gasteiger partial charge in [0.25, 0.3) is 5.56 Å². The first-order chi connectivity index (χ1) is 13.8. The van der Waals surface area contributed by atoms with Gasteiger partial charge in [-0.2, -0.15) is 0 Å². The lowest BCUT2D eigenvalue weighted by atomic mass is 10.1. The third-order valence-electron chi connectivity index (χ3n) is 5.17. The fourth-order valence-electron chi connectivity index (χ4n) is 3.51. The zero-order valence-corrected chi connectivity index (χ0v) is 16.8. The highest BCUT2D eigenvalue weighted by atomic mass is 19.1. The van der Waals surface area contributed by atoms with Gasteiger partial charge in [0.05, 0.1) is 12.2 Å². The zero-order chi connectivity index (χ0) is 21.1. The van der Waals surface area contributed by atoms with Crippen LogP contribution in [-0.2, 0) is 6.54 Å². The highest BCUT2D eigenvalue weighted by Gasteiger charge is 2.23. The number of H-pyrrole nitrogens is 1. The standard InChI is InChI=1S/C21H25FN4O3/c1-13-10-14(2)24-20(28)17(13)12-23-21(29)26-8-6-25(7-9-26)19-5-4-16(15(3)27)11-18(19)22/h4-5,10-11H,6-9,12H2,1-3H3,(H,23,29)(H,24,28). The second kappa shape index (κ2) is 8.46. The second-order valence-corrected chi connectivity index (χ2v) is 7.30. The van der Waals surface area contributed by atoms with Crippen molar-refractivity contribution in [3.05, 3.63) is 62.8 Å². The summed E-state index contributed by atoms with van der Waals surface area (Å²) < 4.78 is 14.3. The smallest absolute Gasteiger partial charge is 0.317 e. The summed E-state index contributed by atoms with van der Waals surface area (Å²) in [5, 5.41) is 2.79. The van der Waals surface area contributed by atoms with Gasteiger partial charge in [-0.3, -0.25) is 9.59 Å². The lowest BCUT2D eigenvalue weighted by Gasteiger charge is -2.36. The van der Waals surface area contributed by atoms with Crippen molar-refractivity contribution in [2.45, 2.75) is 27.3 Å². The van der Waals surface area contributed by atoms with E-state index < -0.39 is 5.82 Å². The van der Waals surface area contributed by atoms with Crippen molar-refractivity contribution in [2.24, 2.45) is 0 Å². The summed E-state index contributed by atoms with van der Waals surface area (Å²) in [5.74, 6) is -0.621. The number of amides is 2. The van der Waals surface area contributed by atoms with Gasteiger partial charge in [0.2, 0.25) is 0 Å². The highest BCUT2D eigenvalue weighted by Crippen LogP contribution is 2.22. The van der Waals surface area contributed by atoms with E-state index in [4.69, 9.17) is 0 Å². The van der Waals surface area contributed by atoms with Crippen LogP contribution in [0.4, 0.5) is 14.9 Å². The van der Waals surface area contributed by atoms with Gasteiger partial charge in [0, 0.05) is 43.0 Å². The molecule has 0 radical (unpaired) electrons. The molecule has 1 aliphatic rings. The molecule has 0 spiro atoms. The van der Waals surface area contributed by atoms with Gasteiger partial charge in [0.15, 0.2) is 5.78 Å². The molecule has 2 aromatic rings. The molecule has 1 fully saturated rings. The number of carbonyl (C=O) groups is 2. The molecule has 0 bridgehead atoms. The second-order valence-electron chi connectivity index (χ2n) is 7.30. The molecule has 29 heavy (non-hydrogen) atoms. The number of aryl methyl sites for hydroxylation is 2. The molecule has 0 atom stereocenters. The van der Waals surface area contributed by atoms with Crippen LogP contribution in [0.3, 0.4) is 0 Å². The molecule has 3 rings (SSSR count). The summed E-state index contributed by atoms with van der Waals surface area (Å²) in [6.07, 6.45) is 0. The molecular formula is C21H25FN4O3. The first-order valence-electron chi connectivity index (χ1n) is 9.54. The van der Waals surface area contributed by atoms with Crippen LogP contribution >= 0.6 is 0 Å². The van der Waals surface area contributed by atoms with Crippen molar-refractivity contribution in [1.29, 1.82) is 0 Å². The van der Waals surface area contributed by atoms with Crippen molar-refractivity contribution in [2.75, 3.05) is 31.1 Å². The molecule has 1 saturated heterocycles. The van der Waals surface area contributed by atoms with Crippen LogP contribution in [-0.4, -0.2) is 47.9 Å². The summed E-state index contributed by atoms with van der Waals surface area (Å²) in [4.78, 5) is 42.1. The van der Waals surface area contributed by atoms with Crippen LogP contribution in [0.15, 0.2) is 29.1 Å². The number of Topliss-reactive ketones (excluding diaryl/α,β-unsaturated/α-hetero) is 1. The number of nitrogens with zero attached hydrogens (tertiary/aromatic N) is 2. The van der Waals surface area contributed by atoms with E-state index in [2.05, 4.69) is 10.3 Å². The van der Waals surface area contributed by atoms with Crippen LogP contribution in [0.5, 0.6) is 0 Å². The molecule has 2 N–H and O–H groups in total. The van der Waals surface area contributed by atoms with Crippen molar-refractivity contribution < 1.29 is 14.0 Å². The van der Waals surface area contributed by atoms with E-state index in [0.29, 0.717) is 43.0 Å². The van der Waals surface area contributed by atoms with Gasteiger partial charge in [0.1, 0.15) is 5.82 Å². The third-order valence-corrected chi connectivity index (χ3v) is 5.17. The van der Waals surface area contributed by atoms with E-state index in [9.17, 15) is 18.8 Å². The Morgan fingerprint density at radius 2 is 1.83 bits per heavy atom. The zero-order valence-electron chi connectivity index (χ0n) is 16.8. The molecule has 2 heterocycles. The molecule has 154 valence electrons. The van der Waals surface area contributed by atoms with Gasteiger partial charge in [-0.25, -0.2) is 9.18 Å². The number of anilines is 1. The van der Waals surface area contributed by atoms with Crippen molar-refractivity contribution in [3.8, 4) is 0 Å². The minimum Gasteiger partial charge on any atom is -0.366 e. The Labute approximate surface area is 168 Å². The van der Waals surface area contributed by atoms with Gasteiger partial charge >= 0.3 is 6.03 Å². The summed E-state index contributed by atoms with van der Waals surface area (Å²) in [6, 6.07) is 6.08. The summed E-state index contributed by atoms with van der Waals surface area (Å²) >= 11 is 0. The fourth-order valence-corrected chi connectivity index (χ4v) is 3.51. The van der Waals surface area contributed by atoms with Gasteiger partial charge in [-0.15, -0.1) is 0 Å². The predicted molar refractivity (Wildman–Crippen MR) is 109 cm³/mol. The lowest BCUT2D eigenvalue weighted by molar-refractivity contribution is 0.101. The Balaban J connectivity index is 1.57. The van der Waals surface area contributed by atoms with Crippen LogP contribution in [0.2, 0.25) is 0 Å². The number of ketones is 1. The molecule has 8 heteroatoms. The van der Waals surface area contributed by atoms with Crippen molar-refractivity contribution >= 4 is 17.5 Å². The average molecular weight is 400 g/mol. The Bertz CT molecular complexity index is 994. The minimum atomic E-state index is -0.440. The molecule has 1 aromatic heterocycles. The SMILES string of the molecule is CC(=O)c1ccc(N2CCN(C(=O)NCc3c(C)cc(C)[nH]c3=O)CC2)c(F)c1. The minimum absolute atomic E-state index is 0.154. The number of carbonyl (C=O) groups excluding carboxylic acids is 2. The molecular weight excluding hydrogens is 375 g/mol. The maximum atomic E-state index is 14.3. The van der Waals surface area contributed by atoms with Crippen LogP contribution in [0.25, 0.3) is 0 Å². The number of aromatic nitrogens is 1. The van der Waals surface area contributed by atoms with Crippen molar-refractivity contribution in [3.63, 3.8) is 0 Å². The van der Waals surface area contributed by atoms with Crippen LogP contribution in [0.1, 0.15) is 34.1 Å². The highest BCUT2D eigenvalue weighted by molar-refractivity contribution is 5.94. The summed E-state index contributed by atoms with van der Waals surface area (Å²) in [7, 11) is 0. The monoisotopic (exact) mass is 400 g/mol. The number of nitrogens with one attached hydrogen (secondary N) is 2. The Hall–Kier alpha value is -3.16. The topological polar surface area (TPSA) is 85.5 Å². The normalized spacial score (nSPS) is 14.1. The lowest BCUT2D eigenvalue weighted by Crippen LogP contribution is -2.52. The van der Waals surface area contributed by atoms with E-state index in [1.807, 2.05) is 24.8 Å². The average Bonchev–Trinajstić information content (AvgIpc) is 2.67. The maximum absolute atomic E-state index is 14.3. The summed E-state index contributed by atoms with van der Waals surface area (Å²) in [5.41, 5.74) is 2.72. The van der Waals surface area contributed by atoms with Gasteiger partial charge in [-0.05, 0) is 50.6 Å². The predicted octanol–water partition coefficient (Wildman–Crippen LogP) is 2.37. The van der Waals surface area contributed by atoms with E-state index in [1.165, 1.54) is 13.0 Å². The van der Waals surface area contributed by atoms with Gasteiger partial charge < -0.3 is 20.1 Å².